The number of pyridine rings is 1. The molecule has 0 bridgehead atoms. The van der Waals surface area contributed by atoms with Gasteiger partial charge in [-0.2, -0.15) is 4.39 Å². The van der Waals surface area contributed by atoms with E-state index in [9.17, 15) is 24.2 Å². The lowest BCUT2D eigenvalue weighted by molar-refractivity contribution is 0.0133. The van der Waals surface area contributed by atoms with Crippen molar-refractivity contribution in [2.75, 3.05) is 13.2 Å². The highest BCUT2D eigenvalue weighted by Crippen LogP contribution is 2.44. The zero-order valence-electron chi connectivity index (χ0n) is 18.0. The minimum atomic E-state index is -1.54. The fourth-order valence-corrected chi connectivity index (χ4v) is 4.13. The molecule has 9 heteroatoms. The average Bonchev–Trinajstić information content (AvgIpc) is 3.16. The minimum absolute atomic E-state index is 0.00465. The molecule has 34 heavy (non-hydrogen) atoms. The van der Waals surface area contributed by atoms with E-state index >= 15 is 0 Å². The number of aliphatic hydroxyl groups excluding tert-OH is 2. The van der Waals surface area contributed by atoms with Crippen LogP contribution in [0, 0.1) is 5.95 Å². The molecule has 0 saturated heterocycles. The lowest BCUT2D eigenvalue weighted by atomic mass is 9.98. The van der Waals surface area contributed by atoms with Gasteiger partial charge in [-0.25, -0.2) is 14.6 Å². The fraction of sp³-hybridized carbons (Fsp3) is 0.240. The molecule has 1 amide bonds. The van der Waals surface area contributed by atoms with Gasteiger partial charge in [0.2, 0.25) is 5.95 Å². The number of fused-ring (bicyclic) bond motifs is 3. The molecule has 3 aromatic rings. The number of hydrogen-bond donors (Lipinski definition) is 4. The molecule has 0 aliphatic heterocycles. The predicted octanol–water partition coefficient (Wildman–Crippen LogP) is 3.24. The number of hydrogen-bond acceptors (Lipinski definition) is 6. The summed E-state index contributed by atoms with van der Waals surface area (Å²) in [4.78, 5) is 26.5. The van der Waals surface area contributed by atoms with E-state index in [0.717, 1.165) is 34.5 Å². The van der Waals surface area contributed by atoms with Crippen LogP contribution in [0.15, 0.2) is 60.8 Å². The Kier molecular flexibility index (Phi) is 6.85. The zero-order valence-corrected chi connectivity index (χ0v) is 18.0. The summed E-state index contributed by atoms with van der Waals surface area (Å²) in [5, 5.41) is 31.9. The number of aliphatic hydroxyl groups is 2. The normalized spacial score (nSPS) is 14.1. The van der Waals surface area contributed by atoms with Gasteiger partial charge in [0.15, 0.2) is 0 Å². The Hall–Kier alpha value is -3.82. The molecule has 1 aromatic heterocycles. The van der Waals surface area contributed by atoms with Crippen LogP contribution >= 0.6 is 0 Å². The molecule has 0 radical (unpaired) electrons. The number of nitrogens with zero attached hydrogens (tertiary/aromatic N) is 1. The molecule has 176 valence electrons. The summed E-state index contributed by atoms with van der Waals surface area (Å²) >= 11 is 0. The Bertz CT molecular complexity index is 1170. The summed E-state index contributed by atoms with van der Waals surface area (Å²) in [6, 6.07) is 16.8. The summed E-state index contributed by atoms with van der Waals surface area (Å²) < 4.78 is 18.8. The second-order valence-corrected chi connectivity index (χ2v) is 7.97. The van der Waals surface area contributed by atoms with E-state index in [2.05, 4.69) is 10.3 Å². The molecule has 1 heterocycles. The van der Waals surface area contributed by atoms with Crippen LogP contribution < -0.4 is 5.32 Å². The van der Waals surface area contributed by atoms with Gasteiger partial charge in [-0.05, 0) is 34.7 Å². The maximum absolute atomic E-state index is 13.4. The monoisotopic (exact) mass is 466 g/mol. The number of carbonyl (C=O) groups is 2. The number of benzene rings is 2. The van der Waals surface area contributed by atoms with E-state index in [-0.39, 0.29) is 31.1 Å². The fourth-order valence-electron chi connectivity index (χ4n) is 4.13. The van der Waals surface area contributed by atoms with E-state index in [1.165, 1.54) is 0 Å². The SMILES string of the molecule is O=C(NCCC(O)C(O)c1cnc(F)c(C(=O)O)c1)OCC1c2ccccc2-c2ccccc21. The van der Waals surface area contributed by atoms with Crippen molar-refractivity contribution in [1.29, 1.82) is 0 Å². The highest BCUT2D eigenvalue weighted by atomic mass is 19.1. The number of carboxylic acid groups (broad SMARTS) is 1. The van der Waals surface area contributed by atoms with E-state index in [4.69, 9.17) is 9.84 Å². The number of amides is 1. The number of alkyl carbamates (subject to hydrolysis) is 1. The maximum Gasteiger partial charge on any atom is 0.407 e. The Morgan fingerprint density at radius 2 is 1.68 bits per heavy atom. The van der Waals surface area contributed by atoms with Gasteiger partial charge in [-0.3, -0.25) is 0 Å². The number of ether oxygens (including phenoxy) is 1. The Labute approximate surface area is 194 Å². The first-order chi connectivity index (χ1) is 16.4. The largest absolute Gasteiger partial charge is 0.478 e. The second kappa shape index (κ2) is 9.98. The zero-order chi connectivity index (χ0) is 24.2. The summed E-state index contributed by atoms with van der Waals surface area (Å²) in [6.07, 6.45) is -2.61. The number of rotatable bonds is 8. The van der Waals surface area contributed by atoms with E-state index < -0.39 is 35.8 Å². The van der Waals surface area contributed by atoms with E-state index in [0.29, 0.717) is 0 Å². The molecule has 0 saturated carbocycles. The van der Waals surface area contributed by atoms with Crippen molar-refractivity contribution in [3.8, 4) is 11.1 Å². The van der Waals surface area contributed by atoms with Crippen LogP contribution in [0.1, 0.15) is 45.5 Å². The first-order valence-electron chi connectivity index (χ1n) is 10.7. The van der Waals surface area contributed by atoms with E-state index in [1.54, 1.807) is 0 Å². The van der Waals surface area contributed by atoms with Crippen molar-refractivity contribution in [3.05, 3.63) is 89.0 Å². The van der Waals surface area contributed by atoms with Gasteiger partial charge in [-0.15, -0.1) is 0 Å². The minimum Gasteiger partial charge on any atom is -0.478 e. The lowest BCUT2D eigenvalue weighted by Gasteiger charge is -2.19. The van der Waals surface area contributed by atoms with Crippen molar-refractivity contribution in [1.82, 2.24) is 10.3 Å². The van der Waals surface area contributed by atoms with Crippen LogP contribution in [-0.4, -0.2) is 51.6 Å². The third-order valence-corrected chi connectivity index (χ3v) is 5.85. The highest BCUT2D eigenvalue weighted by molar-refractivity contribution is 5.87. The van der Waals surface area contributed by atoms with Gasteiger partial charge in [0.05, 0.1) is 6.10 Å². The summed E-state index contributed by atoms with van der Waals surface area (Å²) in [7, 11) is 0. The molecular formula is C25H23FN2O6. The Morgan fingerprint density at radius 3 is 2.29 bits per heavy atom. The third-order valence-electron chi connectivity index (χ3n) is 5.85. The van der Waals surface area contributed by atoms with Crippen molar-refractivity contribution in [2.24, 2.45) is 0 Å². The van der Waals surface area contributed by atoms with Gasteiger partial charge >= 0.3 is 12.1 Å². The van der Waals surface area contributed by atoms with Gasteiger partial charge in [0.1, 0.15) is 18.3 Å². The molecule has 0 spiro atoms. The number of halogens is 1. The van der Waals surface area contributed by atoms with Crippen molar-refractivity contribution in [3.63, 3.8) is 0 Å². The van der Waals surface area contributed by atoms with Gasteiger partial charge in [0, 0.05) is 24.2 Å². The molecule has 8 nitrogen and oxygen atoms in total. The number of carboxylic acids is 1. The number of aromatic carboxylic acids is 1. The lowest BCUT2D eigenvalue weighted by Crippen LogP contribution is -2.30. The average molecular weight is 466 g/mol. The standard InChI is InChI=1S/C25H23FN2O6/c26-23-19(24(31)32)11-14(12-28-23)22(30)21(29)9-10-27-25(33)34-13-20-17-7-3-1-5-15(17)16-6-2-4-8-18(16)20/h1-8,11-12,20-22,29-30H,9-10,13H2,(H,27,33)(H,31,32). The van der Waals surface area contributed by atoms with Gasteiger partial charge in [-0.1, -0.05) is 48.5 Å². The second-order valence-electron chi connectivity index (χ2n) is 7.97. The number of aromatic nitrogens is 1. The van der Waals surface area contributed by atoms with Crippen LogP contribution in [0.2, 0.25) is 0 Å². The molecular weight excluding hydrogens is 443 g/mol. The van der Waals surface area contributed by atoms with Crippen molar-refractivity contribution < 1.29 is 34.0 Å². The Balaban J connectivity index is 1.29. The molecule has 2 aromatic carbocycles. The van der Waals surface area contributed by atoms with Gasteiger partial charge < -0.3 is 25.4 Å². The van der Waals surface area contributed by atoms with Crippen LogP contribution in [0.5, 0.6) is 0 Å². The third kappa shape index (κ3) is 4.75. The van der Waals surface area contributed by atoms with Crippen LogP contribution in [0.4, 0.5) is 9.18 Å². The molecule has 2 unspecified atom stereocenters. The highest BCUT2D eigenvalue weighted by Gasteiger charge is 2.29. The summed E-state index contributed by atoms with van der Waals surface area (Å²) in [5.41, 5.74) is 3.65. The Morgan fingerprint density at radius 1 is 1.06 bits per heavy atom. The van der Waals surface area contributed by atoms with Crippen LogP contribution in [-0.2, 0) is 4.74 Å². The topological polar surface area (TPSA) is 129 Å². The first kappa shape index (κ1) is 23.3. The van der Waals surface area contributed by atoms with Gasteiger partial charge in [0.25, 0.3) is 0 Å². The summed E-state index contributed by atoms with van der Waals surface area (Å²) in [6.45, 7) is 0.138. The number of nitrogens with one attached hydrogen (secondary N) is 1. The van der Waals surface area contributed by atoms with E-state index in [1.807, 2.05) is 48.5 Å². The smallest absolute Gasteiger partial charge is 0.407 e. The molecule has 4 N–H and O–H groups in total. The molecule has 1 aliphatic rings. The summed E-state index contributed by atoms with van der Waals surface area (Å²) in [5.74, 6) is -2.81. The van der Waals surface area contributed by atoms with Crippen molar-refractivity contribution >= 4 is 12.1 Å². The molecule has 0 fully saturated rings. The number of carbonyl (C=O) groups excluding carboxylic acids is 1. The predicted molar refractivity (Wildman–Crippen MR) is 120 cm³/mol. The van der Waals surface area contributed by atoms with Crippen LogP contribution in [0.25, 0.3) is 11.1 Å². The molecule has 2 atom stereocenters. The quantitative estimate of drug-likeness (QED) is 0.375. The van der Waals surface area contributed by atoms with Crippen molar-refractivity contribution in [2.45, 2.75) is 24.5 Å². The molecule has 4 rings (SSSR count). The van der Waals surface area contributed by atoms with Crippen LogP contribution in [0.3, 0.4) is 0 Å². The maximum atomic E-state index is 13.4. The molecule has 1 aliphatic carbocycles. The first-order valence-corrected chi connectivity index (χ1v) is 10.7.